The summed E-state index contributed by atoms with van der Waals surface area (Å²) in [4.78, 5) is 0. The fourth-order valence-electron chi connectivity index (χ4n) is 0.112. The maximum atomic E-state index is 8.47. The van der Waals surface area contributed by atoms with E-state index in [-0.39, 0.29) is 24.6 Å². The molecule has 0 aromatic carbocycles. The minimum absolute atomic E-state index is 0. The predicted octanol–water partition coefficient (Wildman–Crippen LogP) is 0.528. The van der Waals surface area contributed by atoms with E-state index in [4.69, 9.17) is 10.8 Å². The molecule has 0 aliphatic carbocycles. The Hall–Kier alpha value is 0.210. The molecule has 0 rings (SSSR count). The minimum Gasteiger partial charge on any atom is -0.394 e. The van der Waals surface area contributed by atoms with Gasteiger partial charge in [-0.1, -0.05) is 6.92 Å². The molecule has 0 unspecified atom stereocenters. The van der Waals surface area contributed by atoms with Crippen LogP contribution in [0, 0.1) is 0 Å². The molecule has 0 amide bonds. The number of hydrogen-bond donors (Lipinski definition) is 2. The summed E-state index contributed by atoms with van der Waals surface area (Å²) in [5.41, 5.74) is 5.10. The molecule has 0 spiro atoms. The summed E-state index contributed by atoms with van der Waals surface area (Å²) in [6.07, 6.45) is 0.823. The van der Waals surface area contributed by atoms with E-state index >= 15 is 0 Å². The molecule has 0 aromatic heterocycles. The largest absolute Gasteiger partial charge is 0.394 e. The first kappa shape index (κ1) is 11.1. The number of nitrogens with two attached hydrogens (primary N) is 1. The van der Waals surface area contributed by atoms with Crippen LogP contribution in [0.5, 0.6) is 0 Å². The van der Waals surface area contributed by atoms with Crippen LogP contribution in [0.3, 0.4) is 0 Å². The normalized spacial score (nSPS) is 16.5. The van der Waals surface area contributed by atoms with Crippen molar-refractivity contribution in [1.29, 1.82) is 0 Å². The molecule has 0 aliphatic heterocycles. The third kappa shape index (κ3) is 4.37. The third-order valence-electron chi connectivity index (χ3n) is 1.17. The quantitative estimate of drug-likeness (QED) is 0.586. The fourth-order valence-corrected chi connectivity index (χ4v) is 0.112. The Labute approximate surface area is 56.5 Å². The summed E-state index contributed by atoms with van der Waals surface area (Å²) in [6, 6.07) is 0. The second kappa shape index (κ2) is 4.13. The Morgan fingerprint density at radius 2 is 2.00 bits per heavy atom. The Bertz CT molecular complexity index is 50.4. The van der Waals surface area contributed by atoms with Crippen molar-refractivity contribution in [3.05, 3.63) is 0 Å². The molecular weight excluding hydrogens is 126 g/mol. The monoisotopic (exact) mass is 139 g/mol. The topological polar surface area (TPSA) is 46.2 Å². The summed E-state index contributed by atoms with van der Waals surface area (Å²) >= 11 is 0. The van der Waals surface area contributed by atoms with E-state index in [0.29, 0.717) is 0 Å². The predicted molar refractivity (Wildman–Crippen MR) is 37.2 cm³/mol. The first-order valence-corrected chi connectivity index (χ1v) is 2.52. The summed E-state index contributed by atoms with van der Waals surface area (Å²) in [6.45, 7) is 3.85. The number of aliphatic hydroxyl groups is 1. The zero-order valence-corrected chi connectivity index (χ0v) is 6.16. The van der Waals surface area contributed by atoms with Crippen LogP contribution >= 0.6 is 12.4 Å². The second-order valence-corrected chi connectivity index (χ2v) is 2.17. The molecule has 0 saturated carbocycles. The zero-order chi connectivity index (χ0) is 5.91. The van der Waals surface area contributed by atoms with Crippen LogP contribution in [0.1, 0.15) is 20.3 Å². The van der Waals surface area contributed by atoms with Crippen molar-refractivity contribution in [3.8, 4) is 0 Å². The van der Waals surface area contributed by atoms with E-state index in [9.17, 15) is 0 Å². The van der Waals surface area contributed by atoms with Crippen LogP contribution in [-0.2, 0) is 0 Å². The molecule has 0 aliphatic rings. The average Bonchev–Trinajstić information content (AvgIpc) is 1.68. The van der Waals surface area contributed by atoms with Gasteiger partial charge >= 0.3 is 0 Å². The third-order valence-corrected chi connectivity index (χ3v) is 1.17. The van der Waals surface area contributed by atoms with Gasteiger partial charge in [-0.25, -0.2) is 0 Å². The Morgan fingerprint density at radius 3 is 2.00 bits per heavy atom. The number of hydrogen-bond acceptors (Lipinski definition) is 2. The maximum Gasteiger partial charge on any atom is 0.0608 e. The summed E-state index contributed by atoms with van der Waals surface area (Å²) in [5, 5.41) is 8.47. The lowest BCUT2D eigenvalue weighted by Gasteiger charge is -2.17. The van der Waals surface area contributed by atoms with Crippen molar-refractivity contribution in [3.63, 3.8) is 0 Å². The van der Waals surface area contributed by atoms with E-state index in [0.717, 1.165) is 6.42 Å². The maximum absolute atomic E-state index is 8.47. The summed E-state index contributed by atoms with van der Waals surface area (Å²) in [7, 11) is 0. The Balaban J connectivity index is 0. The second-order valence-electron chi connectivity index (χ2n) is 2.17. The van der Waals surface area contributed by atoms with Crippen molar-refractivity contribution >= 4 is 12.4 Å². The molecular formula is C5H14ClNO. The van der Waals surface area contributed by atoms with E-state index in [2.05, 4.69) is 0 Å². The first-order valence-electron chi connectivity index (χ1n) is 2.52. The number of rotatable bonds is 2. The fraction of sp³-hybridized carbons (Fsp3) is 1.00. The van der Waals surface area contributed by atoms with Gasteiger partial charge in [0.15, 0.2) is 0 Å². The van der Waals surface area contributed by atoms with Crippen LogP contribution < -0.4 is 5.73 Å². The molecule has 3 N–H and O–H groups in total. The lowest BCUT2D eigenvalue weighted by Crippen LogP contribution is -2.38. The van der Waals surface area contributed by atoms with Gasteiger partial charge in [0.2, 0.25) is 0 Å². The molecule has 8 heavy (non-hydrogen) atoms. The Morgan fingerprint density at radius 1 is 1.62 bits per heavy atom. The van der Waals surface area contributed by atoms with Gasteiger partial charge in [0, 0.05) is 5.54 Å². The molecule has 0 fully saturated rings. The van der Waals surface area contributed by atoms with Crippen LogP contribution in [0.25, 0.3) is 0 Å². The lowest BCUT2D eigenvalue weighted by molar-refractivity contribution is 0.205. The van der Waals surface area contributed by atoms with Gasteiger partial charge in [0.1, 0.15) is 0 Å². The van der Waals surface area contributed by atoms with Crippen LogP contribution in [-0.4, -0.2) is 17.3 Å². The van der Waals surface area contributed by atoms with Crippen molar-refractivity contribution in [2.45, 2.75) is 25.8 Å². The average molecular weight is 140 g/mol. The highest BCUT2D eigenvalue weighted by atomic mass is 35.5. The molecule has 3 heteroatoms. The van der Waals surface area contributed by atoms with E-state index in [1.54, 1.807) is 0 Å². The molecule has 0 saturated heterocycles. The van der Waals surface area contributed by atoms with Crippen LogP contribution in [0.15, 0.2) is 0 Å². The van der Waals surface area contributed by atoms with E-state index in [1.807, 2.05) is 13.8 Å². The standard InChI is InChI=1S/C5H13NO.ClH/c1-3-5(2,6)4-7;/h7H,3-4,6H2,1-2H3;1H/t5-;/m1./s1. The smallest absolute Gasteiger partial charge is 0.0608 e. The van der Waals surface area contributed by atoms with Gasteiger partial charge < -0.3 is 10.8 Å². The summed E-state index contributed by atoms with van der Waals surface area (Å²) < 4.78 is 0. The van der Waals surface area contributed by atoms with E-state index in [1.165, 1.54) is 0 Å². The highest BCUT2D eigenvalue weighted by Gasteiger charge is 2.11. The highest BCUT2D eigenvalue weighted by Crippen LogP contribution is 2.00. The van der Waals surface area contributed by atoms with Crippen molar-refractivity contribution in [2.75, 3.05) is 6.61 Å². The molecule has 52 valence electrons. The molecule has 1 atom stereocenters. The lowest BCUT2D eigenvalue weighted by atomic mass is 10.0. The van der Waals surface area contributed by atoms with Gasteiger partial charge in [0.25, 0.3) is 0 Å². The van der Waals surface area contributed by atoms with Crippen molar-refractivity contribution in [2.24, 2.45) is 5.73 Å². The molecule has 2 nitrogen and oxygen atoms in total. The van der Waals surface area contributed by atoms with Crippen LogP contribution in [0.4, 0.5) is 0 Å². The Kier molecular flexibility index (Phi) is 5.71. The van der Waals surface area contributed by atoms with E-state index < -0.39 is 0 Å². The molecule has 0 heterocycles. The number of aliphatic hydroxyl groups excluding tert-OH is 1. The van der Waals surface area contributed by atoms with Gasteiger partial charge in [-0.05, 0) is 13.3 Å². The SMILES string of the molecule is CC[C@@](C)(N)CO.Cl. The molecule has 0 aromatic rings. The number of halogens is 1. The molecule has 0 bridgehead atoms. The van der Waals surface area contributed by atoms with Crippen molar-refractivity contribution in [1.82, 2.24) is 0 Å². The van der Waals surface area contributed by atoms with Gasteiger partial charge in [-0.3, -0.25) is 0 Å². The summed E-state index contributed by atoms with van der Waals surface area (Å²) in [5.74, 6) is 0. The zero-order valence-electron chi connectivity index (χ0n) is 5.35. The van der Waals surface area contributed by atoms with Gasteiger partial charge in [0.05, 0.1) is 6.61 Å². The molecule has 0 radical (unpaired) electrons. The van der Waals surface area contributed by atoms with Gasteiger partial charge in [-0.2, -0.15) is 0 Å². The van der Waals surface area contributed by atoms with Crippen LogP contribution in [0.2, 0.25) is 0 Å². The van der Waals surface area contributed by atoms with Gasteiger partial charge in [-0.15, -0.1) is 12.4 Å². The van der Waals surface area contributed by atoms with Crippen molar-refractivity contribution < 1.29 is 5.11 Å². The first-order chi connectivity index (χ1) is 3.12. The minimum atomic E-state index is -0.361. The highest BCUT2D eigenvalue weighted by molar-refractivity contribution is 5.85.